The van der Waals surface area contributed by atoms with Crippen LogP contribution in [0.5, 0.6) is 0 Å². The molecule has 2 rings (SSSR count). The minimum atomic E-state index is -0.397. The zero-order chi connectivity index (χ0) is 15.2. The Morgan fingerprint density at radius 2 is 2.33 bits per heavy atom. The van der Waals surface area contributed by atoms with Gasteiger partial charge in [0.15, 0.2) is 0 Å². The monoisotopic (exact) mass is 291 g/mol. The van der Waals surface area contributed by atoms with Crippen molar-refractivity contribution in [3.05, 3.63) is 17.8 Å². The molecule has 0 amide bonds. The van der Waals surface area contributed by atoms with E-state index in [0.29, 0.717) is 29.6 Å². The number of nitrogens with two attached hydrogens (primary N) is 1. The molecule has 116 valence electrons. The molecule has 3 N–H and O–H groups in total. The highest BCUT2D eigenvalue weighted by atomic mass is 16.5. The highest BCUT2D eigenvalue weighted by molar-refractivity contribution is 5.97. The zero-order valence-electron chi connectivity index (χ0n) is 12.9. The van der Waals surface area contributed by atoms with Crippen LogP contribution in [-0.2, 0) is 4.74 Å². The number of hydrogen-bond donors (Lipinski definition) is 2. The highest BCUT2D eigenvalue weighted by Gasteiger charge is 2.20. The van der Waals surface area contributed by atoms with Gasteiger partial charge in [0.1, 0.15) is 5.82 Å². The lowest BCUT2D eigenvalue weighted by Gasteiger charge is -2.27. The fourth-order valence-corrected chi connectivity index (χ4v) is 2.99. The molecule has 2 unspecified atom stereocenters. The average molecular weight is 291 g/mol. The Morgan fingerprint density at radius 1 is 1.52 bits per heavy atom. The van der Waals surface area contributed by atoms with E-state index in [4.69, 9.17) is 10.5 Å². The van der Waals surface area contributed by atoms with Crippen molar-refractivity contribution in [1.82, 2.24) is 4.98 Å². The molecule has 0 aliphatic heterocycles. The van der Waals surface area contributed by atoms with Crippen molar-refractivity contribution in [2.45, 2.75) is 39.5 Å². The van der Waals surface area contributed by atoms with Gasteiger partial charge in [0, 0.05) is 12.7 Å². The van der Waals surface area contributed by atoms with Crippen molar-refractivity contribution in [3.63, 3.8) is 0 Å². The van der Waals surface area contributed by atoms with Crippen molar-refractivity contribution in [2.24, 2.45) is 11.8 Å². The number of pyridine rings is 1. The molecular formula is C16H25N3O2. The Kier molecular flexibility index (Phi) is 5.42. The maximum Gasteiger partial charge on any atom is 0.340 e. The first-order valence-corrected chi connectivity index (χ1v) is 7.77. The summed E-state index contributed by atoms with van der Waals surface area (Å²) >= 11 is 0. The number of anilines is 2. The lowest BCUT2D eigenvalue weighted by atomic mass is 9.82. The summed E-state index contributed by atoms with van der Waals surface area (Å²) in [5.41, 5.74) is 6.79. The summed E-state index contributed by atoms with van der Waals surface area (Å²) in [6.45, 7) is 5.27. The van der Waals surface area contributed by atoms with Crippen molar-refractivity contribution in [1.29, 1.82) is 0 Å². The Hall–Kier alpha value is -1.78. The van der Waals surface area contributed by atoms with Crippen LogP contribution in [0.15, 0.2) is 12.3 Å². The molecule has 1 aliphatic rings. The molecule has 0 bridgehead atoms. The van der Waals surface area contributed by atoms with E-state index in [9.17, 15) is 4.79 Å². The molecule has 1 aromatic rings. The molecule has 21 heavy (non-hydrogen) atoms. The summed E-state index contributed by atoms with van der Waals surface area (Å²) < 4.78 is 5.00. The quantitative estimate of drug-likeness (QED) is 0.815. The number of nitrogens with zero attached hydrogens (tertiary/aromatic N) is 1. The molecule has 5 heteroatoms. The van der Waals surface area contributed by atoms with Crippen LogP contribution in [-0.4, -0.2) is 24.1 Å². The Labute approximate surface area is 126 Å². The summed E-state index contributed by atoms with van der Waals surface area (Å²) in [4.78, 5) is 16.0. The minimum Gasteiger partial charge on any atom is -0.462 e. The molecule has 1 fully saturated rings. The van der Waals surface area contributed by atoms with E-state index < -0.39 is 5.97 Å². The van der Waals surface area contributed by atoms with Gasteiger partial charge in [-0.3, -0.25) is 0 Å². The number of carbonyl (C=O) groups excluding carboxylic acids is 1. The van der Waals surface area contributed by atoms with Crippen LogP contribution >= 0.6 is 0 Å². The van der Waals surface area contributed by atoms with Crippen LogP contribution in [0.2, 0.25) is 0 Å². The lowest BCUT2D eigenvalue weighted by Crippen LogP contribution is -2.22. The molecule has 0 spiro atoms. The van der Waals surface area contributed by atoms with E-state index >= 15 is 0 Å². The maximum atomic E-state index is 11.8. The number of hydrogen-bond acceptors (Lipinski definition) is 5. The molecule has 1 aliphatic carbocycles. The first-order chi connectivity index (χ1) is 10.1. The van der Waals surface area contributed by atoms with E-state index in [-0.39, 0.29) is 0 Å². The Morgan fingerprint density at radius 3 is 3.05 bits per heavy atom. The smallest absolute Gasteiger partial charge is 0.340 e. The molecule has 0 aromatic carbocycles. The summed E-state index contributed by atoms with van der Waals surface area (Å²) in [6.07, 6.45) is 6.70. The van der Waals surface area contributed by atoms with Crippen LogP contribution in [0, 0.1) is 11.8 Å². The van der Waals surface area contributed by atoms with Gasteiger partial charge in [0.05, 0.1) is 17.9 Å². The number of carbonyl (C=O) groups is 1. The second-order valence-electron chi connectivity index (χ2n) is 5.86. The molecule has 1 saturated carbocycles. The van der Waals surface area contributed by atoms with Crippen molar-refractivity contribution in [2.75, 3.05) is 24.2 Å². The predicted molar refractivity (Wildman–Crippen MR) is 84.2 cm³/mol. The van der Waals surface area contributed by atoms with Gasteiger partial charge in [-0.15, -0.1) is 0 Å². The van der Waals surface area contributed by atoms with Crippen molar-refractivity contribution < 1.29 is 9.53 Å². The largest absolute Gasteiger partial charge is 0.462 e. The second-order valence-corrected chi connectivity index (χ2v) is 5.86. The number of rotatable bonds is 5. The van der Waals surface area contributed by atoms with Gasteiger partial charge >= 0.3 is 5.97 Å². The normalized spacial score (nSPS) is 21.8. The lowest BCUT2D eigenvalue weighted by molar-refractivity contribution is 0.0527. The average Bonchev–Trinajstić information content (AvgIpc) is 2.46. The summed E-state index contributed by atoms with van der Waals surface area (Å²) in [5, 5.41) is 3.30. The number of aromatic nitrogens is 1. The van der Waals surface area contributed by atoms with E-state index in [1.165, 1.54) is 25.7 Å². The predicted octanol–water partition coefficient (Wildman–Crippen LogP) is 3.08. The fraction of sp³-hybridized carbons (Fsp3) is 0.625. The Balaban J connectivity index is 2.00. The third-order valence-electron chi connectivity index (χ3n) is 4.09. The molecule has 0 saturated heterocycles. The molecule has 5 nitrogen and oxygen atoms in total. The first kappa shape index (κ1) is 15.6. The van der Waals surface area contributed by atoms with E-state index in [0.717, 1.165) is 12.5 Å². The number of ether oxygens (including phenoxy) is 1. The molecule has 1 aromatic heterocycles. The number of nitrogen functional groups attached to an aromatic ring is 1. The number of nitrogens with one attached hydrogen (secondary N) is 1. The van der Waals surface area contributed by atoms with Crippen LogP contribution < -0.4 is 11.1 Å². The topological polar surface area (TPSA) is 77.2 Å². The van der Waals surface area contributed by atoms with E-state index in [1.807, 2.05) is 0 Å². The minimum absolute atomic E-state index is 0.337. The van der Waals surface area contributed by atoms with Crippen LogP contribution in [0.3, 0.4) is 0 Å². The van der Waals surface area contributed by atoms with Gasteiger partial charge in [-0.2, -0.15) is 0 Å². The van der Waals surface area contributed by atoms with Gasteiger partial charge in [-0.05, 0) is 37.7 Å². The molecular weight excluding hydrogens is 266 g/mol. The van der Waals surface area contributed by atoms with Crippen LogP contribution in [0.25, 0.3) is 0 Å². The van der Waals surface area contributed by atoms with E-state index in [2.05, 4.69) is 17.2 Å². The first-order valence-electron chi connectivity index (χ1n) is 7.77. The fourth-order valence-electron chi connectivity index (χ4n) is 2.99. The Bertz CT molecular complexity index is 490. The van der Waals surface area contributed by atoms with Crippen LogP contribution in [0.4, 0.5) is 11.5 Å². The standard InChI is InChI=1S/C16H25N3O2/c1-3-21-16(20)13-7-8-18-15(14(13)17)19-10-12-6-4-5-11(2)9-12/h7-8,11-12H,3-6,9-10,17H2,1-2H3,(H,18,19). The SMILES string of the molecule is CCOC(=O)c1ccnc(NCC2CCCC(C)C2)c1N. The molecule has 0 radical (unpaired) electrons. The number of esters is 1. The zero-order valence-corrected chi connectivity index (χ0v) is 12.9. The maximum absolute atomic E-state index is 11.8. The van der Waals surface area contributed by atoms with Crippen molar-refractivity contribution >= 4 is 17.5 Å². The van der Waals surface area contributed by atoms with Gasteiger partial charge in [-0.1, -0.05) is 19.8 Å². The summed E-state index contributed by atoms with van der Waals surface area (Å²) in [6, 6.07) is 1.60. The molecule has 2 atom stereocenters. The van der Waals surface area contributed by atoms with Crippen molar-refractivity contribution in [3.8, 4) is 0 Å². The van der Waals surface area contributed by atoms with E-state index in [1.54, 1.807) is 19.2 Å². The highest BCUT2D eigenvalue weighted by Crippen LogP contribution is 2.29. The second kappa shape index (κ2) is 7.29. The molecule has 1 heterocycles. The van der Waals surface area contributed by atoms with Gasteiger partial charge in [-0.25, -0.2) is 9.78 Å². The van der Waals surface area contributed by atoms with Gasteiger partial charge in [0.2, 0.25) is 0 Å². The van der Waals surface area contributed by atoms with Gasteiger partial charge < -0.3 is 15.8 Å². The summed E-state index contributed by atoms with van der Waals surface area (Å²) in [7, 11) is 0. The summed E-state index contributed by atoms with van der Waals surface area (Å²) in [5.74, 6) is 1.63. The van der Waals surface area contributed by atoms with Gasteiger partial charge in [0.25, 0.3) is 0 Å². The van der Waals surface area contributed by atoms with Crippen LogP contribution in [0.1, 0.15) is 49.9 Å². The third-order valence-corrected chi connectivity index (χ3v) is 4.09. The third kappa shape index (κ3) is 4.09.